The number of rotatable bonds is 7. The van der Waals surface area contributed by atoms with Crippen molar-refractivity contribution in [2.75, 3.05) is 13.2 Å². The lowest BCUT2D eigenvalue weighted by atomic mass is 10.0. The molecule has 0 saturated heterocycles. The van der Waals surface area contributed by atoms with Gasteiger partial charge < -0.3 is 14.0 Å². The number of carbonyl (C=O) groups is 3. The van der Waals surface area contributed by atoms with Crippen molar-refractivity contribution in [3.8, 4) is 12.1 Å². The number of pyridine rings is 1. The lowest BCUT2D eigenvalue weighted by molar-refractivity contribution is -0.141. The third kappa shape index (κ3) is 6.51. The number of carbonyl (C=O) groups excluding carboxylic acids is 3. The summed E-state index contributed by atoms with van der Waals surface area (Å²) in [5, 5.41) is 17.3. The van der Waals surface area contributed by atoms with Crippen molar-refractivity contribution in [2.24, 2.45) is 0 Å². The van der Waals surface area contributed by atoms with E-state index in [9.17, 15) is 45.5 Å². The Morgan fingerprint density at radius 1 is 0.907 bits per heavy atom. The highest BCUT2D eigenvalue weighted by atomic mass is 19.2. The zero-order chi connectivity index (χ0) is 32.2. The van der Waals surface area contributed by atoms with E-state index in [0.717, 1.165) is 16.8 Å². The van der Waals surface area contributed by atoms with E-state index in [1.54, 1.807) is 6.92 Å². The molecule has 0 unspecified atom stereocenters. The minimum atomic E-state index is -1.67. The number of esters is 2. The molecule has 0 spiro atoms. The van der Waals surface area contributed by atoms with Crippen LogP contribution in [-0.2, 0) is 14.3 Å². The molecule has 0 amide bonds. The second-order valence-electron chi connectivity index (χ2n) is 8.80. The van der Waals surface area contributed by atoms with Gasteiger partial charge in [0.05, 0.1) is 35.7 Å². The standard InChI is InChI=1S/C16H11F3N2O3.C12H8F3NO3/c1-2-24-16(23)9-6-21(12-4-10(12)17)14-7(15(9)22)3-11(18)13(19)8(14)5-20;1-2-19-10(18)4-9(17)6-3-8(13)12(15)7(5-16)11(6)14/h3,6,10,12H,2,4H2,1H3;3H,2,4H2,1H3/t10-,12+;/m0./s1. The maximum Gasteiger partial charge on any atom is 0.343 e. The Morgan fingerprint density at radius 3 is 2.00 bits per heavy atom. The first-order valence-corrected chi connectivity index (χ1v) is 12.4. The fourth-order valence-electron chi connectivity index (χ4n) is 3.97. The van der Waals surface area contributed by atoms with Gasteiger partial charge in [0, 0.05) is 12.6 Å². The van der Waals surface area contributed by atoms with Crippen molar-refractivity contribution in [1.29, 1.82) is 10.5 Å². The van der Waals surface area contributed by atoms with E-state index in [-0.39, 0.29) is 30.5 Å². The average molecular weight is 607 g/mol. The molecule has 1 saturated carbocycles. The summed E-state index contributed by atoms with van der Waals surface area (Å²) in [6.45, 7) is 3.08. The Hall–Kier alpha value is -5.18. The number of alkyl halides is 1. The first kappa shape index (κ1) is 32.3. The van der Waals surface area contributed by atoms with Gasteiger partial charge in [-0.3, -0.25) is 14.4 Å². The van der Waals surface area contributed by atoms with Crippen LogP contribution in [0, 0.1) is 51.7 Å². The summed E-state index contributed by atoms with van der Waals surface area (Å²) >= 11 is 0. The van der Waals surface area contributed by atoms with E-state index >= 15 is 0 Å². The lowest BCUT2D eigenvalue weighted by Gasteiger charge is -2.14. The molecule has 9 nitrogen and oxygen atoms in total. The smallest absolute Gasteiger partial charge is 0.343 e. The van der Waals surface area contributed by atoms with Gasteiger partial charge in [-0.05, 0) is 26.0 Å². The summed E-state index contributed by atoms with van der Waals surface area (Å²) < 4.78 is 91.3. The largest absolute Gasteiger partial charge is 0.466 e. The van der Waals surface area contributed by atoms with E-state index in [4.69, 9.17) is 15.3 Å². The second kappa shape index (κ2) is 13.2. The summed E-state index contributed by atoms with van der Waals surface area (Å²) in [5.41, 5.74) is -4.29. The number of fused-ring (bicyclic) bond motifs is 1. The number of halogens is 6. The van der Waals surface area contributed by atoms with E-state index < -0.39 is 93.1 Å². The quantitative estimate of drug-likeness (QED) is 0.124. The van der Waals surface area contributed by atoms with Gasteiger partial charge in [0.25, 0.3) is 0 Å². The van der Waals surface area contributed by atoms with Crippen molar-refractivity contribution in [2.45, 2.75) is 38.9 Å². The van der Waals surface area contributed by atoms with Crippen LogP contribution in [-0.4, -0.2) is 41.7 Å². The number of benzene rings is 2. The molecule has 15 heteroatoms. The van der Waals surface area contributed by atoms with Gasteiger partial charge in [0.15, 0.2) is 34.9 Å². The third-order valence-electron chi connectivity index (χ3n) is 6.03. The first-order chi connectivity index (χ1) is 20.3. The molecule has 0 bridgehead atoms. The second-order valence-corrected chi connectivity index (χ2v) is 8.80. The third-order valence-corrected chi connectivity index (χ3v) is 6.03. The maximum atomic E-state index is 13.9. The molecule has 3 aromatic rings. The number of aromatic nitrogens is 1. The molecule has 1 aliphatic carbocycles. The van der Waals surface area contributed by atoms with E-state index in [0.29, 0.717) is 12.1 Å². The number of ketones is 1. The van der Waals surface area contributed by atoms with Crippen LogP contribution in [0.25, 0.3) is 10.9 Å². The average Bonchev–Trinajstić information content (AvgIpc) is 3.69. The van der Waals surface area contributed by atoms with Crippen LogP contribution < -0.4 is 5.43 Å². The molecular weight excluding hydrogens is 588 g/mol. The van der Waals surface area contributed by atoms with Crippen LogP contribution in [0.15, 0.2) is 23.1 Å². The Bertz CT molecular complexity index is 1790. The molecular formula is C28H19F6N3O6. The summed E-state index contributed by atoms with van der Waals surface area (Å²) in [7, 11) is 0. The van der Waals surface area contributed by atoms with Crippen LogP contribution in [0.4, 0.5) is 26.3 Å². The number of ether oxygens (including phenoxy) is 2. The van der Waals surface area contributed by atoms with Crippen molar-refractivity contribution in [3.05, 3.63) is 79.9 Å². The zero-order valence-corrected chi connectivity index (χ0v) is 22.3. The fraction of sp³-hybridized carbons (Fsp3) is 0.286. The minimum Gasteiger partial charge on any atom is -0.466 e. The number of nitrogens with zero attached hydrogens (tertiary/aromatic N) is 3. The molecule has 1 aromatic heterocycles. The Labute approximate surface area is 238 Å². The molecule has 1 heterocycles. The molecule has 4 rings (SSSR count). The van der Waals surface area contributed by atoms with Gasteiger partial charge >= 0.3 is 11.9 Å². The molecule has 0 N–H and O–H groups in total. The number of hydrogen-bond acceptors (Lipinski definition) is 8. The minimum absolute atomic E-state index is 0.00665. The number of nitriles is 2. The number of Topliss-reactive ketones (excluding diaryl/α,β-unsaturated/α-hetero) is 1. The molecule has 224 valence electrons. The van der Waals surface area contributed by atoms with Gasteiger partial charge in [0.2, 0.25) is 5.43 Å². The topological polar surface area (TPSA) is 139 Å². The molecule has 1 fully saturated rings. The molecule has 2 atom stereocenters. The maximum absolute atomic E-state index is 13.9. The van der Waals surface area contributed by atoms with Crippen molar-refractivity contribution in [3.63, 3.8) is 0 Å². The highest BCUT2D eigenvalue weighted by molar-refractivity contribution is 6.06. The molecule has 0 aliphatic heterocycles. The van der Waals surface area contributed by atoms with Crippen molar-refractivity contribution in [1.82, 2.24) is 4.57 Å². The summed E-state index contributed by atoms with van der Waals surface area (Å²) in [5.74, 6) is -10.5. The SMILES string of the molecule is CCOC(=O)CC(=O)c1cc(F)c(F)c(C#N)c1F.CCOC(=O)c1cn([C@@H]2C[C@@H]2F)c2c(C#N)c(F)c(F)cc2c1=O. The first-order valence-electron chi connectivity index (χ1n) is 12.4. The van der Waals surface area contributed by atoms with Gasteiger partial charge in [-0.15, -0.1) is 0 Å². The predicted octanol–water partition coefficient (Wildman–Crippen LogP) is 4.72. The summed E-state index contributed by atoms with van der Waals surface area (Å²) in [6, 6.07) is 2.80. The highest BCUT2D eigenvalue weighted by Gasteiger charge is 2.41. The monoisotopic (exact) mass is 607 g/mol. The lowest BCUT2D eigenvalue weighted by Crippen LogP contribution is -2.22. The Morgan fingerprint density at radius 2 is 1.47 bits per heavy atom. The van der Waals surface area contributed by atoms with Gasteiger partial charge in [-0.1, -0.05) is 0 Å². The molecule has 2 aromatic carbocycles. The van der Waals surface area contributed by atoms with Crippen LogP contribution in [0.3, 0.4) is 0 Å². The normalized spacial score (nSPS) is 15.0. The fourth-order valence-corrected chi connectivity index (χ4v) is 3.97. The van der Waals surface area contributed by atoms with Crippen LogP contribution in [0.1, 0.15) is 64.6 Å². The van der Waals surface area contributed by atoms with E-state index in [1.807, 2.05) is 0 Å². The van der Waals surface area contributed by atoms with Crippen LogP contribution in [0.5, 0.6) is 0 Å². The zero-order valence-electron chi connectivity index (χ0n) is 22.3. The van der Waals surface area contributed by atoms with Gasteiger partial charge in [0.1, 0.15) is 41.4 Å². The molecule has 0 radical (unpaired) electrons. The molecule has 1 aliphatic rings. The van der Waals surface area contributed by atoms with Crippen molar-refractivity contribution >= 4 is 28.6 Å². The number of hydrogen-bond donors (Lipinski definition) is 0. The van der Waals surface area contributed by atoms with Crippen LogP contribution >= 0.6 is 0 Å². The van der Waals surface area contributed by atoms with Gasteiger partial charge in [-0.2, -0.15) is 10.5 Å². The van der Waals surface area contributed by atoms with Crippen molar-refractivity contribution < 1.29 is 50.2 Å². The predicted molar refractivity (Wildman–Crippen MR) is 134 cm³/mol. The summed E-state index contributed by atoms with van der Waals surface area (Å²) in [4.78, 5) is 47.0. The van der Waals surface area contributed by atoms with E-state index in [2.05, 4.69) is 4.74 Å². The highest BCUT2D eigenvalue weighted by Crippen LogP contribution is 2.41. The van der Waals surface area contributed by atoms with Crippen LogP contribution in [0.2, 0.25) is 0 Å². The molecule has 43 heavy (non-hydrogen) atoms. The van der Waals surface area contributed by atoms with E-state index in [1.165, 1.54) is 13.0 Å². The van der Waals surface area contributed by atoms with Gasteiger partial charge in [-0.25, -0.2) is 31.1 Å². The Balaban J connectivity index is 0.000000243. The summed E-state index contributed by atoms with van der Waals surface area (Å²) in [6.07, 6.45) is -0.944. The Kier molecular flexibility index (Phi) is 9.93.